The Morgan fingerprint density at radius 2 is 1.44 bits per heavy atom. The maximum absolute atomic E-state index is 11.4. The van der Waals surface area contributed by atoms with Gasteiger partial charge in [-0.3, -0.25) is 4.79 Å². The number of carbonyl (C=O) groups excluding carboxylic acids is 2. The number of aliphatic imine (C=N–C) groups is 1. The molecule has 0 aromatic carbocycles. The van der Waals surface area contributed by atoms with Crippen LogP contribution in [0.3, 0.4) is 0 Å². The Bertz CT molecular complexity index is 400. The van der Waals surface area contributed by atoms with Crippen molar-refractivity contribution in [2.45, 2.75) is 13.8 Å². The number of hydrogen-bond acceptors (Lipinski definition) is 5. The van der Waals surface area contributed by atoms with Gasteiger partial charge < -0.3 is 9.47 Å². The van der Waals surface area contributed by atoms with Crippen molar-refractivity contribution in [3.05, 3.63) is 63.7 Å². The van der Waals surface area contributed by atoms with Crippen LogP contribution in [0.4, 0.5) is 4.79 Å². The Balaban J connectivity index is 0.000000820. The molecule has 0 spiro atoms. The maximum atomic E-state index is 11.4. The van der Waals surface area contributed by atoms with Crippen LogP contribution in [-0.4, -0.2) is 36.1 Å². The maximum Gasteiger partial charge on any atom is 0.434 e. The van der Waals surface area contributed by atoms with Gasteiger partial charge in [0.1, 0.15) is 0 Å². The Hall–Kier alpha value is -0.521. The first-order valence-corrected chi connectivity index (χ1v) is 8.58. The number of esters is 1. The standard InChI is InChI=1S/C13H16NO4S.C5H5.Fe/c1-3-17-11(15)9-19-12(10-7-5-6-8-10)14-13(16)18-4-2;1-2-4-5-3-1;/h5-8H,3-4,9H2,1-2H3;1-5H;/b14-12-;;. The summed E-state index contributed by atoms with van der Waals surface area (Å²) >= 11 is 1.16. The van der Waals surface area contributed by atoms with E-state index in [1.165, 1.54) is 0 Å². The number of hydrogen-bond donors (Lipinski definition) is 0. The molecule has 0 aliphatic heterocycles. The molecule has 5 nitrogen and oxygen atoms in total. The zero-order chi connectivity index (χ0) is 17.6. The van der Waals surface area contributed by atoms with Gasteiger partial charge in [0.2, 0.25) is 0 Å². The normalized spacial score (nSPS) is 17.3. The first-order valence-electron chi connectivity index (χ1n) is 7.60. The molecule has 0 bridgehead atoms. The summed E-state index contributed by atoms with van der Waals surface area (Å²) < 4.78 is 9.60. The van der Waals surface area contributed by atoms with Crippen molar-refractivity contribution in [1.29, 1.82) is 0 Å². The van der Waals surface area contributed by atoms with Crippen LogP contribution in [0.15, 0.2) is 4.99 Å². The average Bonchev–Trinajstić information content (AvgIpc) is 3.27. The van der Waals surface area contributed by atoms with Crippen molar-refractivity contribution in [3.63, 3.8) is 0 Å². The number of rotatable bonds is 5. The van der Waals surface area contributed by atoms with E-state index in [9.17, 15) is 9.59 Å². The van der Waals surface area contributed by atoms with E-state index < -0.39 is 6.09 Å². The fraction of sp³-hybridized carbons (Fsp3) is 0.278. The number of amides is 1. The molecule has 7 heteroatoms. The third kappa shape index (κ3) is 11.7. The number of ether oxygens (including phenoxy) is 2. The van der Waals surface area contributed by atoms with Gasteiger partial charge in [-0.2, -0.15) is 4.99 Å². The largest absolute Gasteiger partial charge is 0.465 e. The van der Waals surface area contributed by atoms with Gasteiger partial charge in [-0.05, 0) is 71.6 Å². The van der Waals surface area contributed by atoms with Crippen LogP contribution < -0.4 is 0 Å². The second kappa shape index (κ2) is 15.7. The molecular weight excluding hydrogens is 382 g/mol. The molecule has 0 aromatic heterocycles. The molecule has 2 saturated carbocycles. The zero-order valence-electron chi connectivity index (χ0n) is 14.2. The van der Waals surface area contributed by atoms with Crippen LogP contribution in [0.1, 0.15) is 13.8 Å². The molecule has 0 atom stereocenters. The molecule has 10 radical (unpaired) electrons. The summed E-state index contributed by atoms with van der Waals surface area (Å²) in [5.41, 5.74) is 0. The monoisotopic (exact) mass is 403 g/mol. The number of nitrogens with zero attached hydrogens (tertiary/aromatic N) is 1. The van der Waals surface area contributed by atoms with Crippen LogP contribution in [0.2, 0.25) is 0 Å². The minimum absolute atomic E-state index is 0. The van der Waals surface area contributed by atoms with E-state index in [2.05, 4.69) is 4.99 Å². The van der Waals surface area contributed by atoms with E-state index in [-0.39, 0.29) is 35.4 Å². The van der Waals surface area contributed by atoms with Gasteiger partial charge in [-0.25, -0.2) is 4.79 Å². The van der Waals surface area contributed by atoms with Gasteiger partial charge in [0.15, 0.2) is 0 Å². The van der Waals surface area contributed by atoms with E-state index in [0.717, 1.165) is 17.7 Å². The molecule has 0 saturated heterocycles. The first kappa shape index (κ1) is 24.5. The average molecular weight is 403 g/mol. The predicted octanol–water partition coefficient (Wildman–Crippen LogP) is 3.26. The molecule has 25 heavy (non-hydrogen) atoms. The van der Waals surface area contributed by atoms with Gasteiger partial charge in [0, 0.05) is 23.0 Å². The third-order valence-corrected chi connectivity index (χ3v) is 3.54. The Morgan fingerprint density at radius 1 is 0.920 bits per heavy atom. The van der Waals surface area contributed by atoms with Crippen LogP contribution in [-0.2, 0) is 31.3 Å². The SMILES string of the molecule is CCOC(=O)CS/C(=N\C(=O)OCC)[C]1[CH][CH][CH][CH]1.[CH]1[CH][CH][CH][CH]1.[Fe]. The fourth-order valence-corrected chi connectivity index (χ4v) is 2.37. The number of carbonyl (C=O) groups is 2. The van der Waals surface area contributed by atoms with Gasteiger partial charge >= 0.3 is 12.1 Å². The summed E-state index contributed by atoms with van der Waals surface area (Å²) in [6.45, 7) is 4.05. The molecule has 0 N–H and O–H groups in total. The fourth-order valence-electron chi connectivity index (χ4n) is 1.59. The van der Waals surface area contributed by atoms with Crippen molar-refractivity contribution in [2.24, 2.45) is 4.99 Å². The summed E-state index contributed by atoms with van der Waals surface area (Å²) in [5, 5.41) is 0.455. The molecule has 2 aliphatic rings. The van der Waals surface area contributed by atoms with Crippen LogP contribution >= 0.6 is 11.8 Å². The van der Waals surface area contributed by atoms with E-state index in [4.69, 9.17) is 9.47 Å². The Kier molecular flexibility index (Phi) is 15.4. The number of thioether (sulfide) groups is 1. The van der Waals surface area contributed by atoms with E-state index >= 15 is 0 Å². The molecule has 0 unspecified atom stereocenters. The van der Waals surface area contributed by atoms with Crippen molar-refractivity contribution >= 4 is 28.9 Å². The summed E-state index contributed by atoms with van der Waals surface area (Å²) in [4.78, 5) is 26.5. The minimum atomic E-state index is -0.657. The molecule has 2 fully saturated rings. The zero-order valence-corrected chi connectivity index (χ0v) is 16.1. The summed E-state index contributed by atoms with van der Waals surface area (Å²) in [6, 6.07) is 0. The van der Waals surface area contributed by atoms with Gasteiger partial charge in [0.05, 0.1) is 24.0 Å². The van der Waals surface area contributed by atoms with Crippen LogP contribution in [0, 0.1) is 63.7 Å². The van der Waals surface area contributed by atoms with E-state index in [1.54, 1.807) is 13.8 Å². The topological polar surface area (TPSA) is 65.0 Å². The Morgan fingerprint density at radius 3 is 1.92 bits per heavy atom. The second-order valence-electron chi connectivity index (χ2n) is 4.35. The first-order chi connectivity index (χ1) is 11.7. The van der Waals surface area contributed by atoms with Gasteiger partial charge in [-0.1, -0.05) is 11.8 Å². The summed E-state index contributed by atoms with van der Waals surface area (Å²) in [5.74, 6) is 0.551. The van der Waals surface area contributed by atoms with Crippen LogP contribution in [0.5, 0.6) is 0 Å². The summed E-state index contributed by atoms with van der Waals surface area (Å²) in [6.07, 6.45) is 16.6. The molecule has 2 rings (SSSR count). The van der Waals surface area contributed by atoms with E-state index in [0.29, 0.717) is 11.7 Å². The predicted molar refractivity (Wildman–Crippen MR) is 95.5 cm³/mol. The second-order valence-corrected chi connectivity index (χ2v) is 5.31. The van der Waals surface area contributed by atoms with Gasteiger partial charge in [0.25, 0.3) is 0 Å². The van der Waals surface area contributed by atoms with Crippen molar-refractivity contribution in [1.82, 2.24) is 0 Å². The molecule has 136 valence electrons. The van der Waals surface area contributed by atoms with Crippen molar-refractivity contribution in [2.75, 3.05) is 19.0 Å². The third-order valence-electron chi connectivity index (χ3n) is 2.56. The Labute approximate surface area is 166 Å². The minimum Gasteiger partial charge on any atom is -0.465 e. The van der Waals surface area contributed by atoms with Crippen molar-refractivity contribution in [3.8, 4) is 0 Å². The summed E-state index contributed by atoms with van der Waals surface area (Å²) in [7, 11) is 0. The molecule has 1 amide bonds. The van der Waals surface area contributed by atoms with Crippen molar-refractivity contribution < 1.29 is 36.1 Å². The van der Waals surface area contributed by atoms with Gasteiger partial charge in [-0.15, -0.1) is 0 Å². The molecule has 2 aliphatic carbocycles. The quantitative estimate of drug-likeness (QED) is 0.305. The molecule has 0 aromatic rings. The molecule has 0 heterocycles. The smallest absolute Gasteiger partial charge is 0.434 e. The van der Waals surface area contributed by atoms with E-state index in [1.807, 2.05) is 57.8 Å². The molecular formula is C18H21FeNO4S. The van der Waals surface area contributed by atoms with Crippen LogP contribution in [0.25, 0.3) is 0 Å².